The van der Waals surface area contributed by atoms with E-state index in [1.165, 1.54) is 0 Å². The molecule has 2 heterocycles. The molecule has 11 heteroatoms. The van der Waals surface area contributed by atoms with E-state index in [1.54, 1.807) is 18.9 Å². The average Bonchev–Trinajstić information content (AvgIpc) is 3.10. The second-order valence-corrected chi connectivity index (χ2v) is 7.34. The van der Waals surface area contributed by atoms with Crippen LogP contribution in [0.1, 0.15) is 37.1 Å². The summed E-state index contributed by atoms with van der Waals surface area (Å²) in [6.45, 7) is 6.33. The maximum Gasteiger partial charge on any atom is 0.244 e. The molecule has 0 spiro atoms. The summed E-state index contributed by atoms with van der Waals surface area (Å²) < 4.78 is 12.3. The van der Waals surface area contributed by atoms with Gasteiger partial charge in [-0.2, -0.15) is 5.10 Å². The molecule has 9 nitrogen and oxygen atoms in total. The van der Waals surface area contributed by atoms with Gasteiger partial charge < -0.3 is 25.4 Å². The van der Waals surface area contributed by atoms with E-state index in [4.69, 9.17) is 15.2 Å². The van der Waals surface area contributed by atoms with E-state index in [9.17, 15) is 4.79 Å². The molecule has 0 saturated carbocycles. The number of methoxy groups -OCH3 is 2. The third-order valence-electron chi connectivity index (χ3n) is 5.07. The summed E-state index contributed by atoms with van der Waals surface area (Å²) in [7, 11) is 3.21. The molecule has 1 saturated heterocycles. The first-order valence-electron chi connectivity index (χ1n) is 9.83. The lowest BCUT2D eigenvalue weighted by molar-refractivity contribution is -0.134. The van der Waals surface area contributed by atoms with E-state index in [0.717, 1.165) is 18.7 Å². The molecule has 3 N–H and O–H groups in total. The lowest BCUT2D eigenvalue weighted by atomic mass is 10.1. The summed E-state index contributed by atoms with van der Waals surface area (Å²) in [5, 5.41) is 7.87. The minimum Gasteiger partial charge on any atom is -0.493 e. The highest BCUT2D eigenvalue weighted by atomic mass is 35.5. The van der Waals surface area contributed by atoms with Crippen LogP contribution in [0.4, 0.5) is 0 Å². The van der Waals surface area contributed by atoms with E-state index in [-0.39, 0.29) is 49.3 Å². The Morgan fingerprint density at radius 2 is 2.00 bits per heavy atom. The predicted octanol–water partition coefficient (Wildman–Crippen LogP) is 1.57. The van der Waals surface area contributed by atoms with Gasteiger partial charge in [0.05, 0.1) is 20.3 Å². The van der Waals surface area contributed by atoms with Crippen LogP contribution >= 0.6 is 24.8 Å². The van der Waals surface area contributed by atoms with E-state index in [0.29, 0.717) is 36.1 Å². The average molecular weight is 475 g/mol. The largest absolute Gasteiger partial charge is 0.493 e. The highest BCUT2D eigenvalue weighted by Gasteiger charge is 2.25. The number of aromatic nitrogens is 3. The van der Waals surface area contributed by atoms with Crippen molar-refractivity contribution in [2.24, 2.45) is 5.73 Å². The van der Waals surface area contributed by atoms with Crippen molar-refractivity contribution in [1.82, 2.24) is 25.0 Å². The number of piperazine rings is 1. The molecular formula is C20H32Cl2N6O3. The number of hydrogen-bond donors (Lipinski definition) is 2. The molecular weight excluding hydrogens is 443 g/mol. The molecule has 0 bridgehead atoms. The number of nitrogens with two attached hydrogens (primary N) is 1. The molecule has 1 aliphatic heterocycles. The Kier molecular flexibility index (Phi) is 10.5. The Hall–Kier alpha value is -2.07. The second kappa shape index (κ2) is 12.1. The maximum absolute atomic E-state index is 12.8. The fraction of sp³-hybridized carbons (Fsp3) is 0.550. The van der Waals surface area contributed by atoms with Gasteiger partial charge in [-0.05, 0) is 31.5 Å². The van der Waals surface area contributed by atoms with E-state index in [2.05, 4.69) is 15.4 Å². The first-order chi connectivity index (χ1) is 13.9. The summed E-state index contributed by atoms with van der Waals surface area (Å²) in [5.74, 6) is 2.58. The number of carbonyl (C=O) groups excluding carboxylic acids is 1. The molecule has 2 atom stereocenters. The zero-order chi connectivity index (χ0) is 21.0. The topological polar surface area (TPSA) is 108 Å². The minimum atomic E-state index is -0.324. The zero-order valence-corrected chi connectivity index (χ0v) is 20.0. The van der Waals surface area contributed by atoms with Gasteiger partial charge in [-0.1, -0.05) is 6.07 Å². The number of rotatable bonds is 7. The number of carbonyl (C=O) groups is 1. The van der Waals surface area contributed by atoms with E-state index in [1.807, 2.05) is 36.9 Å². The van der Waals surface area contributed by atoms with Crippen molar-refractivity contribution < 1.29 is 14.3 Å². The summed E-state index contributed by atoms with van der Waals surface area (Å²) in [5.41, 5.74) is 7.08. The van der Waals surface area contributed by atoms with Gasteiger partial charge in [0.1, 0.15) is 12.4 Å². The van der Waals surface area contributed by atoms with Gasteiger partial charge in [-0.3, -0.25) is 4.79 Å². The van der Waals surface area contributed by atoms with Gasteiger partial charge in [0.2, 0.25) is 5.91 Å². The Bertz CT molecular complexity index is 861. The van der Waals surface area contributed by atoms with Crippen molar-refractivity contribution in [3.8, 4) is 11.5 Å². The number of amides is 1. The van der Waals surface area contributed by atoms with Gasteiger partial charge in [-0.15, -0.1) is 24.8 Å². The van der Waals surface area contributed by atoms with Crippen LogP contribution < -0.4 is 20.5 Å². The molecule has 174 valence electrons. The summed E-state index contributed by atoms with van der Waals surface area (Å²) in [6, 6.07) is 5.53. The van der Waals surface area contributed by atoms with Crippen LogP contribution in [0.3, 0.4) is 0 Å². The molecule has 3 rings (SSSR count). The SMILES string of the molecule is COc1ccc(Cc2nc([C@@H](C)N)n(CC(=O)N3CCNC[C@H]3C)n2)cc1OC.Cl.Cl. The van der Waals surface area contributed by atoms with Crippen molar-refractivity contribution >= 4 is 30.7 Å². The van der Waals surface area contributed by atoms with Crippen molar-refractivity contribution in [2.45, 2.75) is 38.9 Å². The van der Waals surface area contributed by atoms with Crippen LogP contribution in [0.5, 0.6) is 11.5 Å². The Morgan fingerprint density at radius 3 is 2.61 bits per heavy atom. The number of benzene rings is 1. The molecule has 0 aliphatic carbocycles. The van der Waals surface area contributed by atoms with Crippen LogP contribution in [0.25, 0.3) is 0 Å². The van der Waals surface area contributed by atoms with Crippen LogP contribution in [0.15, 0.2) is 18.2 Å². The summed E-state index contributed by atoms with van der Waals surface area (Å²) in [4.78, 5) is 19.3. The van der Waals surface area contributed by atoms with E-state index >= 15 is 0 Å². The molecule has 1 aliphatic rings. The van der Waals surface area contributed by atoms with Crippen molar-refractivity contribution in [3.63, 3.8) is 0 Å². The van der Waals surface area contributed by atoms with Gasteiger partial charge in [0, 0.05) is 32.1 Å². The molecule has 1 aromatic carbocycles. The Balaban J connectivity index is 0.00000240. The fourth-order valence-corrected chi connectivity index (χ4v) is 3.53. The van der Waals surface area contributed by atoms with Crippen LogP contribution in [-0.4, -0.2) is 65.5 Å². The number of nitrogens with one attached hydrogen (secondary N) is 1. The molecule has 1 fully saturated rings. The number of nitrogens with zero attached hydrogens (tertiary/aromatic N) is 4. The number of ether oxygens (including phenoxy) is 2. The number of hydrogen-bond acceptors (Lipinski definition) is 7. The second-order valence-electron chi connectivity index (χ2n) is 7.34. The molecule has 2 aromatic rings. The summed E-state index contributed by atoms with van der Waals surface area (Å²) in [6.07, 6.45) is 0.505. The van der Waals surface area contributed by atoms with Gasteiger partial charge in [-0.25, -0.2) is 9.67 Å². The lowest BCUT2D eigenvalue weighted by Gasteiger charge is -2.34. The first-order valence-corrected chi connectivity index (χ1v) is 9.83. The highest BCUT2D eigenvalue weighted by Crippen LogP contribution is 2.28. The van der Waals surface area contributed by atoms with Crippen LogP contribution in [-0.2, 0) is 17.8 Å². The van der Waals surface area contributed by atoms with Crippen molar-refractivity contribution in [2.75, 3.05) is 33.9 Å². The Labute approximate surface area is 195 Å². The first kappa shape index (κ1) is 27.0. The lowest BCUT2D eigenvalue weighted by Crippen LogP contribution is -2.53. The van der Waals surface area contributed by atoms with Crippen LogP contribution in [0.2, 0.25) is 0 Å². The van der Waals surface area contributed by atoms with Crippen molar-refractivity contribution in [1.29, 1.82) is 0 Å². The molecule has 0 radical (unpaired) electrons. The maximum atomic E-state index is 12.8. The standard InChI is InChI=1S/C20H30N6O3.2ClH/c1-13-11-22-7-8-25(13)19(27)12-26-20(14(2)21)23-18(24-26)10-15-5-6-16(28-3)17(9-15)29-4;;/h5-6,9,13-14,22H,7-8,10-12,21H2,1-4H3;2*1H/t13-,14-;;/m1../s1. The monoisotopic (exact) mass is 474 g/mol. The molecule has 0 unspecified atom stereocenters. The smallest absolute Gasteiger partial charge is 0.244 e. The fourth-order valence-electron chi connectivity index (χ4n) is 3.53. The predicted molar refractivity (Wildman–Crippen MR) is 124 cm³/mol. The van der Waals surface area contributed by atoms with Crippen molar-refractivity contribution in [3.05, 3.63) is 35.4 Å². The highest BCUT2D eigenvalue weighted by molar-refractivity contribution is 5.85. The van der Waals surface area contributed by atoms with E-state index < -0.39 is 0 Å². The number of halogens is 2. The quantitative estimate of drug-likeness (QED) is 0.626. The molecule has 1 aromatic heterocycles. The third-order valence-corrected chi connectivity index (χ3v) is 5.07. The third kappa shape index (κ3) is 6.46. The van der Waals surface area contributed by atoms with Crippen LogP contribution in [0, 0.1) is 0 Å². The minimum absolute atomic E-state index is 0. The van der Waals surface area contributed by atoms with Gasteiger partial charge >= 0.3 is 0 Å². The Morgan fingerprint density at radius 1 is 1.29 bits per heavy atom. The molecule has 1 amide bonds. The van der Waals surface area contributed by atoms with Gasteiger partial charge in [0.25, 0.3) is 0 Å². The zero-order valence-electron chi connectivity index (χ0n) is 18.3. The normalized spacial score (nSPS) is 16.7. The van der Waals surface area contributed by atoms with Gasteiger partial charge in [0.15, 0.2) is 17.3 Å². The molecule has 31 heavy (non-hydrogen) atoms. The summed E-state index contributed by atoms with van der Waals surface area (Å²) >= 11 is 0.